The van der Waals surface area contributed by atoms with Crippen LogP contribution < -0.4 is 9.08 Å². The number of amides is 1. The molecule has 3 aromatic carbocycles. The zero-order valence-electron chi connectivity index (χ0n) is 19.2. The Kier molecular flexibility index (Phi) is 7.42. The summed E-state index contributed by atoms with van der Waals surface area (Å²) in [6, 6.07) is 18.5. The molecular formula is C26H22ClNO7S. The summed E-state index contributed by atoms with van der Waals surface area (Å²) in [5.74, 6) is -2.08. The third-order valence-corrected chi connectivity index (χ3v) is 7.22. The van der Waals surface area contributed by atoms with Crippen LogP contribution in [0.5, 0.6) is 5.75 Å². The highest BCUT2D eigenvalue weighted by atomic mass is 35.5. The summed E-state index contributed by atoms with van der Waals surface area (Å²) in [4.78, 5) is 38.8. The van der Waals surface area contributed by atoms with E-state index in [1.807, 2.05) is 6.92 Å². The summed E-state index contributed by atoms with van der Waals surface area (Å²) in [5, 5.41) is 0.397. The number of ether oxygens (including phenoxy) is 1. The maximum Gasteiger partial charge on any atom is 0.339 e. The lowest BCUT2D eigenvalue weighted by molar-refractivity contribution is -0.147. The molecule has 1 aliphatic rings. The van der Waals surface area contributed by atoms with E-state index < -0.39 is 34.4 Å². The Bertz CT molecular complexity index is 1400. The van der Waals surface area contributed by atoms with Crippen LogP contribution in [0.1, 0.15) is 22.3 Å². The summed E-state index contributed by atoms with van der Waals surface area (Å²) in [7, 11) is -4.02. The third-order valence-electron chi connectivity index (χ3n) is 5.64. The van der Waals surface area contributed by atoms with Crippen molar-refractivity contribution in [1.29, 1.82) is 0 Å². The zero-order chi connectivity index (χ0) is 25.9. The maximum absolute atomic E-state index is 12.5. The molecule has 186 valence electrons. The molecule has 0 spiro atoms. The van der Waals surface area contributed by atoms with E-state index in [2.05, 4.69) is 0 Å². The second-order valence-corrected chi connectivity index (χ2v) is 10.2. The highest BCUT2D eigenvalue weighted by molar-refractivity contribution is 7.87. The number of hydrogen-bond donors (Lipinski definition) is 0. The Morgan fingerprint density at radius 3 is 2.33 bits per heavy atom. The first-order chi connectivity index (χ1) is 17.1. The highest BCUT2D eigenvalue weighted by Crippen LogP contribution is 2.31. The lowest BCUT2D eigenvalue weighted by atomic mass is 10.1. The van der Waals surface area contributed by atoms with E-state index in [4.69, 9.17) is 20.5 Å². The quantitative estimate of drug-likeness (QED) is 0.245. The van der Waals surface area contributed by atoms with E-state index >= 15 is 0 Å². The van der Waals surface area contributed by atoms with Crippen LogP contribution in [0.2, 0.25) is 5.02 Å². The minimum Gasteiger partial charge on any atom is -0.457 e. The predicted molar refractivity (Wildman–Crippen MR) is 133 cm³/mol. The number of rotatable bonds is 8. The number of carbonyl (C=O) groups is 3. The van der Waals surface area contributed by atoms with E-state index in [0.29, 0.717) is 10.7 Å². The molecule has 1 saturated heterocycles. The van der Waals surface area contributed by atoms with Gasteiger partial charge in [-0.1, -0.05) is 41.4 Å². The van der Waals surface area contributed by atoms with Crippen molar-refractivity contribution in [3.8, 4) is 5.75 Å². The third kappa shape index (κ3) is 5.75. The molecule has 1 fully saturated rings. The van der Waals surface area contributed by atoms with Crippen molar-refractivity contribution in [3.63, 3.8) is 0 Å². The zero-order valence-corrected chi connectivity index (χ0v) is 20.8. The van der Waals surface area contributed by atoms with E-state index in [0.717, 1.165) is 5.56 Å². The Hall–Kier alpha value is -3.69. The van der Waals surface area contributed by atoms with Crippen molar-refractivity contribution in [3.05, 3.63) is 88.9 Å². The molecule has 1 heterocycles. The molecule has 1 aliphatic heterocycles. The number of para-hydroxylation sites is 1. The number of anilines is 1. The standard InChI is InChI=1S/C26H22ClNO7S/c1-17-6-12-21(13-7-17)36(32,33)35-20-10-8-18(9-11-20)24(29)16-34-26(31)19-14-25(30)28(15-19)23-5-3-2-4-22(23)27/h2-13,19H,14-16H2,1H3/t19-/m1/s1. The fourth-order valence-corrected chi connectivity index (χ4v) is 4.85. The number of benzene rings is 3. The number of ketones is 1. The van der Waals surface area contributed by atoms with Gasteiger partial charge in [-0.3, -0.25) is 14.4 Å². The fourth-order valence-electron chi connectivity index (χ4n) is 3.68. The van der Waals surface area contributed by atoms with Crippen molar-refractivity contribution in [2.45, 2.75) is 18.2 Å². The number of hydrogen-bond acceptors (Lipinski definition) is 7. The van der Waals surface area contributed by atoms with E-state index in [1.54, 1.807) is 36.4 Å². The monoisotopic (exact) mass is 527 g/mol. The molecule has 10 heteroatoms. The predicted octanol–water partition coefficient (Wildman–Crippen LogP) is 4.20. The van der Waals surface area contributed by atoms with E-state index in [-0.39, 0.29) is 35.1 Å². The van der Waals surface area contributed by atoms with Gasteiger partial charge >= 0.3 is 16.1 Å². The minimum atomic E-state index is -4.02. The molecule has 0 aliphatic carbocycles. The van der Waals surface area contributed by atoms with Gasteiger partial charge in [-0.2, -0.15) is 8.42 Å². The Morgan fingerprint density at radius 2 is 1.67 bits per heavy atom. The second kappa shape index (κ2) is 10.5. The van der Waals surface area contributed by atoms with Gasteiger partial charge in [-0.05, 0) is 55.5 Å². The van der Waals surface area contributed by atoms with Crippen LogP contribution in [0.3, 0.4) is 0 Å². The normalized spacial score (nSPS) is 15.6. The average Bonchev–Trinajstić information content (AvgIpc) is 3.24. The van der Waals surface area contributed by atoms with Crippen molar-refractivity contribution < 1.29 is 31.7 Å². The van der Waals surface area contributed by atoms with Gasteiger partial charge in [0.15, 0.2) is 12.4 Å². The molecule has 3 aromatic rings. The number of halogens is 1. The Labute approximate surface area is 213 Å². The van der Waals surface area contributed by atoms with Crippen LogP contribution in [0.4, 0.5) is 5.69 Å². The first-order valence-corrected chi connectivity index (χ1v) is 12.8. The van der Waals surface area contributed by atoms with Gasteiger partial charge in [-0.25, -0.2) is 0 Å². The fraction of sp³-hybridized carbons (Fsp3) is 0.192. The van der Waals surface area contributed by atoms with Crippen LogP contribution in [0.15, 0.2) is 77.7 Å². The van der Waals surface area contributed by atoms with Crippen molar-refractivity contribution >= 4 is 45.1 Å². The maximum atomic E-state index is 12.5. The molecular weight excluding hydrogens is 506 g/mol. The van der Waals surface area contributed by atoms with Gasteiger partial charge < -0.3 is 13.8 Å². The molecule has 1 amide bonds. The topological polar surface area (TPSA) is 107 Å². The van der Waals surface area contributed by atoms with E-state index in [1.165, 1.54) is 41.3 Å². The SMILES string of the molecule is Cc1ccc(S(=O)(=O)Oc2ccc(C(=O)COC(=O)[C@@H]3CC(=O)N(c4ccccc4Cl)C3)cc2)cc1. The molecule has 36 heavy (non-hydrogen) atoms. The van der Waals surface area contributed by atoms with Crippen molar-refractivity contribution in [2.24, 2.45) is 5.92 Å². The second-order valence-electron chi connectivity index (χ2n) is 8.26. The smallest absolute Gasteiger partial charge is 0.339 e. The number of esters is 1. The molecule has 0 radical (unpaired) electrons. The van der Waals surface area contributed by atoms with Crippen molar-refractivity contribution in [2.75, 3.05) is 18.1 Å². The average molecular weight is 528 g/mol. The van der Waals surface area contributed by atoms with Crippen LogP contribution in [0.25, 0.3) is 0 Å². The van der Waals surface area contributed by atoms with Gasteiger partial charge in [0.25, 0.3) is 0 Å². The molecule has 4 rings (SSSR count). The van der Waals surface area contributed by atoms with Gasteiger partial charge in [0.1, 0.15) is 10.6 Å². The molecule has 0 bridgehead atoms. The number of carbonyl (C=O) groups excluding carboxylic acids is 3. The Morgan fingerprint density at radius 1 is 1.00 bits per heavy atom. The molecule has 8 nitrogen and oxygen atoms in total. The lowest BCUT2D eigenvalue weighted by Gasteiger charge is -2.17. The van der Waals surface area contributed by atoms with E-state index in [9.17, 15) is 22.8 Å². The van der Waals surface area contributed by atoms with Crippen LogP contribution in [-0.2, 0) is 24.4 Å². The van der Waals surface area contributed by atoms with Crippen LogP contribution in [0, 0.1) is 12.8 Å². The van der Waals surface area contributed by atoms with Gasteiger partial charge in [0.05, 0.1) is 16.6 Å². The summed E-state index contributed by atoms with van der Waals surface area (Å²) >= 11 is 6.15. The van der Waals surface area contributed by atoms with Gasteiger partial charge in [0, 0.05) is 18.5 Å². The summed E-state index contributed by atoms with van der Waals surface area (Å²) in [5.41, 5.74) is 1.64. The molecule has 0 saturated carbocycles. The molecule has 0 N–H and O–H groups in total. The first kappa shape index (κ1) is 25.4. The number of aryl methyl sites for hydroxylation is 1. The van der Waals surface area contributed by atoms with Crippen LogP contribution in [-0.4, -0.2) is 39.2 Å². The molecule has 1 atom stereocenters. The lowest BCUT2D eigenvalue weighted by Crippen LogP contribution is -2.27. The van der Waals surface area contributed by atoms with Crippen LogP contribution >= 0.6 is 11.6 Å². The largest absolute Gasteiger partial charge is 0.457 e. The molecule has 0 aromatic heterocycles. The summed E-state index contributed by atoms with van der Waals surface area (Å²) in [6.45, 7) is 1.43. The minimum absolute atomic E-state index is 0.0126. The van der Waals surface area contributed by atoms with Gasteiger partial charge in [0.2, 0.25) is 5.91 Å². The summed E-state index contributed by atoms with van der Waals surface area (Å²) in [6.07, 6.45) is -0.0419. The highest BCUT2D eigenvalue weighted by Gasteiger charge is 2.37. The first-order valence-electron chi connectivity index (χ1n) is 11.0. The van der Waals surface area contributed by atoms with Gasteiger partial charge in [-0.15, -0.1) is 0 Å². The number of Topliss-reactive ketones (excluding diaryl/α,β-unsaturated/α-hetero) is 1. The number of nitrogens with zero attached hydrogens (tertiary/aromatic N) is 1. The van der Waals surface area contributed by atoms with Crippen molar-refractivity contribution in [1.82, 2.24) is 0 Å². The summed E-state index contributed by atoms with van der Waals surface area (Å²) < 4.78 is 35.1. The Balaban J connectivity index is 1.32. The molecule has 0 unspecified atom stereocenters.